The van der Waals surface area contributed by atoms with Crippen molar-refractivity contribution in [2.75, 3.05) is 18.9 Å². The van der Waals surface area contributed by atoms with Gasteiger partial charge in [-0.05, 0) is 31.5 Å². The Labute approximate surface area is 117 Å². The second-order valence-corrected chi connectivity index (χ2v) is 5.76. The molecular formula is C12H17FN2O4S. The van der Waals surface area contributed by atoms with Crippen molar-refractivity contribution < 1.29 is 22.3 Å². The van der Waals surface area contributed by atoms with Gasteiger partial charge in [-0.1, -0.05) is 0 Å². The lowest BCUT2D eigenvalue weighted by Crippen LogP contribution is -2.25. The average Bonchev–Trinajstić information content (AvgIpc) is 2.38. The van der Waals surface area contributed by atoms with Gasteiger partial charge in [-0.2, -0.15) is 0 Å². The van der Waals surface area contributed by atoms with Crippen LogP contribution >= 0.6 is 0 Å². The first-order valence-electron chi connectivity index (χ1n) is 6.07. The molecule has 0 spiro atoms. The molecule has 1 aromatic rings. The number of anilines is 1. The van der Waals surface area contributed by atoms with Gasteiger partial charge in [0.15, 0.2) is 0 Å². The Balaban J connectivity index is 2.53. The molecule has 0 fully saturated rings. The molecule has 0 aliphatic heterocycles. The zero-order valence-corrected chi connectivity index (χ0v) is 11.9. The van der Waals surface area contributed by atoms with Crippen LogP contribution in [-0.4, -0.2) is 27.5 Å². The molecule has 0 aliphatic rings. The topological polar surface area (TPSA) is 98.5 Å². The van der Waals surface area contributed by atoms with Gasteiger partial charge in [-0.25, -0.2) is 17.5 Å². The maximum absolute atomic E-state index is 13.2. The third kappa shape index (κ3) is 4.78. The number of hydrogen-bond acceptors (Lipinski definition) is 5. The van der Waals surface area contributed by atoms with Crippen molar-refractivity contribution in [1.82, 2.24) is 4.72 Å². The van der Waals surface area contributed by atoms with E-state index in [0.717, 1.165) is 6.07 Å². The van der Waals surface area contributed by atoms with Crippen molar-refractivity contribution in [3.05, 3.63) is 24.0 Å². The first-order chi connectivity index (χ1) is 9.36. The van der Waals surface area contributed by atoms with E-state index in [1.807, 2.05) is 0 Å². The van der Waals surface area contributed by atoms with E-state index in [0.29, 0.717) is 6.42 Å². The highest BCUT2D eigenvalue weighted by Gasteiger charge is 2.15. The smallest absolute Gasteiger partial charge is 0.305 e. The number of esters is 1. The number of hydrogen-bond donors (Lipinski definition) is 2. The Kier molecular flexibility index (Phi) is 5.90. The zero-order valence-electron chi connectivity index (χ0n) is 11.1. The van der Waals surface area contributed by atoms with Crippen molar-refractivity contribution in [2.24, 2.45) is 0 Å². The minimum atomic E-state index is -3.81. The molecule has 0 radical (unpaired) electrons. The Hall–Kier alpha value is -1.67. The number of halogens is 1. The monoisotopic (exact) mass is 304 g/mol. The van der Waals surface area contributed by atoms with Crippen LogP contribution in [-0.2, 0) is 19.6 Å². The fraction of sp³-hybridized carbons (Fsp3) is 0.417. The molecule has 6 nitrogen and oxygen atoms in total. The van der Waals surface area contributed by atoms with Crippen LogP contribution < -0.4 is 10.5 Å². The summed E-state index contributed by atoms with van der Waals surface area (Å²) in [6.45, 7) is 2.04. The summed E-state index contributed by atoms with van der Waals surface area (Å²) in [7, 11) is -3.81. The lowest BCUT2D eigenvalue weighted by molar-refractivity contribution is -0.143. The molecule has 0 unspecified atom stereocenters. The van der Waals surface area contributed by atoms with Crippen molar-refractivity contribution in [3.63, 3.8) is 0 Å². The zero-order chi connectivity index (χ0) is 15.2. The summed E-state index contributed by atoms with van der Waals surface area (Å²) in [5, 5.41) is 0. The van der Waals surface area contributed by atoms with Crippen LogP contribution in [0.3, 0.4) is 0 Å². The van der Waals surface area contributed by atoms with E-state index in [9.17, 15) is 17.6 Å². The maximum atomic E-state index is 13.2. The Bertz CT molecular complexity index is 575. The normalized spacial score (nSPS) is 11.3. The summed E-state index contributed by atoms with van der Waals surface area (Å²) >= 11 is 0. The van der Waals surface area contributed by atoms with Gasteiger partial charge >= 0.3 is 5.97 Å². The van der Waals surface area contributed by atoms with E-state index in [-0.39, 0.29) is 36.1 Å². The van der Waals surface area contributed by atoms with Crippen LogP contribution in [0, 0.1) is 5.82 Å². The predicted octanol–water partition coefficient (Wildman–Crippen LogP) is 1.03. The molecule has 112 valence electrons. The molecule has 1 aromatic carbocycles. The largest absolute Gasteiger partial charge is 0.466 e. The molecule has 0 aliphatic carbocycles. The van der Waals surface area contributed by atoms with Crippen LogP contribution in [0.15, 0.2) is 23.1 Å². The second kappa shape index (κ2) is 7.20. The number of sulfonamides is 1. The van der Waals surface area contributed by atoms with E-state index in [1.54, 1.807) is 6.92 Å². The summed E-state index contributed by atoms with van der Waals surface area (Å²) in [5.41, 5.74) is 5.15. The summed E-state index contributed by atoms with van der Waals surface area (Å²) in [5.74, 6) is -1.18. The first kappa shape index (κ1) is 16.4. The second-order valence-electron chi connectivity index (χ2n) is 3.99. The third-order valence-electron chi connectivity index (χ3n) is 2.44. The first-order valence-corrected chi connectivity index (χ1v) is 7.55. The minimum Gasteiger partial charge on any atom is -0.466 e. The summed E-state index contributed by atoms with van der Waals surface area (Å²) in [6.07, 6.45) is 0.419. The molecule has 0 aromatic heterocycles. The predicted molar refractivity (Wildman–Crippen MR) is 71.9 cm³/mol. The van der Waals surface area contributed by atoms with Gasteiger partial charge in [0.05, 0.1) is 17.2 Å². The van der Waals surface area contributed by atoms with Gasteiger partial charge in [-0.3, -0.25) is 4.79 Å². The highest BCUT2D eigenvalue weighted by molar-refractivity contribution is 7.89. The van der Waals surface area contributed by atoms with Gasteiger partial charge in [0.1, 0.15) is 5.82 Å². The molecule has 0 saturated carbocycles. The third-order valence-corrected chi connectivity index (χ3v) is 3.90. The summed E-state index contributed by atoms with van der Waals surface area (Å²) in [6, 6.07) is 3.25. The summed E-state index contributed by atoms with van der Waals surface area (Å²) < 4.78 is 43.9. The SMILES string of the molecule is CCOC(=O)CCCNS(=O)(=O)c1ccc(N)c(F)c1. The molecule has 0 bridgehead atoms. The molecule has 1 rings (SSSR count). The standard InChI is InChI=1S/C12H17FN2O4S/c1-2-19-12(16)4-3-7-15-20(17,18)9-5-6-11(14)10(13)8-9/h5-6,8,15H,2-4,7,14H2,1H3. The molecule has 0 heterocycles. The molecule has 3 N–H and O–H groups in total. The number of nitrogen functional groups attached to an aromatic ring is 1. The van der Waals surface area contributed by atoms with E-state index in [2.05, 4.69) is 4.72 Å². The number of carbonyl (C=O) groups is 1. The van der Waals surface area contributed by atoms with E-state index < -0.39 is 15.8 Å². The van der Waals surface area contributed by atoms with Crippen LogP contribution in [0.25, 0.3) is 0 Å². The summed E-state index contributed by atoms with van der Waals surface area (Å²) in [4.78, 5) is 10.8. The van der Waals surface area contributed by atoms with Gasteiger partial charge in [0.2, 0.25) is 10.0 Å². The van der Waals surface area contributed by atoms with Crippen LogP contribution in [0.5, 0.6) is 0 Å². The highest BCUT2D eigenvalue weighted by Crippen LogP contribution is 2.16. The van der Waals surface area contributed by atoms with Crippen molar-refractivity contribution in [3.8, 4) is 0 Å². The van der Waals surface area contributed by atoms with Crippen LogP contribution in [0.1, 0.15) is 19.8 Å². The highest BCUT2D eigenvalue weighted by atomic mass is 32.2. The molecular weight excluding hydrogens is 287 g/mol. The minimum absolute atomic E-state index is 0.0626. The van der Waals surface area contributed by atoms with Crippen molar-refractivity contribution in [2.45, 2.75) is 24.7 Å². The number of benzene rings is 1. The van der Waals surface area contributed by atoms with Crippen molar-refractivity contribution in [1.29, 1.82) is 0 Å². The Morgan fingerprint density at radius 3 is 2.75 bits per heavy atom. The Morgan fingerprint density at radius 2 is 2.15 bits per heavy atom. The van der Waals surface area contributed by atoms with Gasteiger partial charge in [0, 0.05) is 13.0 Å². The number of carbonyl (C=O) groups excluding carboxylic acids is 1. The molecule has 0 amide bonds. The van der Waals surface area contributed by atoms with Gasteiger partial charge in [0.25, 0.3) is 0 Å². The fourth-order valence-electron chi connectivity index (χ4n) is 1.43. The van der Waals surface area contributed by atoms with Gasteiger partial charge < -0.3 is 10.5 Å². The van der Waals surface area contributed by atoms with E-state index in [1.165, 1.54) is 12.1 Å². The lowest BCUT2D eigenvalue weighted by Gasteiger charge is -2.07. The number of nitrogens with two attached hydrogens (primary N) is 1. The van der Waals surface area contributed by atoms with E-state index in [4.69, 9.17) is 10.5 Å². The maximum Gasteiger partial charge on any atom is 0.305 e. The molecule has 0 saturated heterocycles. The quantitative estimate of drug-likeness (QED) is 0.445. The fourth-order valence-corrected chi connectivity index (χ4v) is 2.52. The van der Waals surface area contributed by atoms with E-state index >= 15 is 0 Å². The number of rotatable bonds is 7. The average molecular weight is 304 g/mol. The lowest BCUT2D eigenvalue weighted by atomic mass is 10.3. The van der Waals surface area contributed by atoms with Crippen LogP contribution in [0.2, 0.25) is 0 Å². The van der Waals surface area contributed by atoms with Crippen LogP contribution in [0.4, 0.5) is 10.1 Å². The number of ether oxygens (including phenoxy) is 1. The van der Waals surface area contributed by atoms with Gasteiger partial charge in [-0.15, -0.1) is 0 Å². The molecule has 0 atom stereocenters. The molecule has 20 heavy (non-hydrogen) atoms. The van der Waals surface area contributed by atoms with Crippen molar-refractivity contribution >= 4 is 21.7 Å². The molecule has 8 heteroatoms. The number of nitrogens with one attached hydrogen (secondary N) is 1. The Morgan fingerprint density at radius 1 is 1.45 bits per heavy atom.